The molecule has 4 heterocycles. The van der Waals surface area contributed by atoms with Crippen LogP contribution in [0.4, 0.5) is 64.6 Å². The Morgan fingerprint density at radius 1 is 0.641 bits per heavy atom. The minimum Gasteiger partial charge on any atom is -0.340 e. The Kier molecular flexibility index (Phi) is 15.5. The first-order valence-corrected chi connectivity index (χ1v) is 20.8. The van der Waals surface area contributed by atoms with E-state index < -0.39 is 91.3 Å². The number of halogens is 18. The van der Waals surface area contributed by atoms with Gasteiger partial charge in [0.15, 0.2) is 11.4 Å². The molecule has 2 saturated heterocycles. The van der Waals surface area contributed by atoms with Gasteiger partial charge < -0.3 is 15.5 Å². The van der Waals surface area contributed by atoms with Crippen molar-refractivity contribution in [1.82, 2.24) is 19.9 Å². The molecular weight excluding hydrogens is 1010 g/mol. The lowest BCUT2D eigenvalue weighted by atomic mass is 9.79. The molecule has 2 aromatic carbocycles. The van der Waals surface area contributed by atoms with E-state index in [2.05, 4.69) is 19.9 Å². The highest BCUT2D eigenvalue weighted by molar-refractivity contribution is 6.48. The van der Waals surface area contributed by atoms with Gasteiger partial charge in [0.2, 0.25) is 11.9 Å². The Hall–Kier alpha value is -3.27. The lowest BCUT2D eigenvalue weighted by Gasteiger charge is -2.32. The summed E-state index contributed by atoms with van der Waals surface area (Å²) in [6.07, 6.45) is -18.6. The van der Waals surface area contributed by atoms with Crippen molar-refractivity contribution in [2.24, 2.45) is 5.73 Å². The Morgan fingerprint density at radius 2 is 1.00 bits per heavy atom. The van der Waals surface area contributed by atoms with Crippen molar-refractivity contribution >= 4 is 87.3 Å². The highest BCUT2D eigenvalue weighted by Gasteiger charge is 2.61. The highest BCUT2D eigenvalue weighted by Crippen LogP contribution is 2.52. The molecule has 2 aliphatic rings. The van der Waals surface area contributed by atoms with Gasteiger partial charge in [0.1, 0.15) is 16.6 Å². The van der Waals surface area contributed by atoms with E-state index in [-0.39, 0.29) is 90.5 Å². The number of nitrogens with two attached hydrogens (primary N) is 1. The van der Waals surface area contributed by atoms with Gasteiger partial charge in [0.25, 0.3) is 0 Å². The van der Waals surface area contributed by atoms with Crippen LogP contribution in [0, 0.1) is 0 Å². The Bertz CT molecular complexity index is 2340. The Balaban J connectivity index is 0.000000243. The first-order valence-electron chi connectivity index (χ1n) is 18.5. The number of carbonyl (C=O) groups excluding carboxylic acids is 1. The van der Waals surface area contributed by atoms with Crippen molar-refractivity contribution in [3.05, 3.63) is 100 Å². The zero-order valence-electron chi connectivity index (χ0n) is 32.5. The summed E-state index contributed by atoms with van der Waals surface area (Å²) in [4.78, 5) is 28.3. The van der Waals surface area contributed by atoms with Crippen LogP contribution in [-0.2, 0) is 40.9 Å². The van der Waals surface area contributed by atoms with Crippen LogP contribution in [0.15, 0.2) is 36.7 Å². The smallest absolute Gasteiger partial charge is 0.340 e. The molecule has 2 aliphatic heterocycles. The standard InChI is InChI=1S/C21H18Cl3F6N3O.C17H13Cl3F6N4/c1-2-13(34)4-3-11-9-31-18(32-17(11)20(25,26)27)33-6-5-19(10-33,21(28,29)30)12-7-14(22)16(24)15(23)8-12;18-10-3-9(4-11(19)12(10)20)15(17(24,25)26)1-2-30(7-15)14-28-6-8(5-27)13(29-14)16(21,22)23/h7-9H,2-6,10H2,1H3;3-4,6H,1-2,5,7,27H2. The number of Topliss-reactive ketones (excluding diaryl/α,β-unsaturated/α-hetero) is 1. The van der Waals surface area contributed by atoms with E-state index in [4.69, 9.17) is 75.3 Å². The van der Waals surface area contributed by atoms with Gasteiger partial charge in [-0.25, -0.2) is 19.9 Å². The van der Waals surface area contributed by atoms with E-state index in [9.17, 15) is 57.5 Å². The molecule has 0 saturated carbocycles. The van der Waals surface area contributed by atoms with Crippen LogP contribution >= 0.6 is 69.6 Å². The maximum absolute atomic E-state index is 14.3. The van der Waals surface area contributed by atoms with Crippen molar-refractivity contribution in [2.75, 3.05) is 36.0 Å². The molecule has 8 nitrogen and oxygen atoms in total. The van der Waals surface area contributed by atoms with E-state index in [1.807, 2.05) is 0 Å². The second-order valence-corrected chi connectivity index (χ2v) is 17.1. The molecule has 350 valence electrons. The van der Waals surface area contributed by atoms with E-state index in [0.717, 1.165) is 46.5 Å². The molecule has 0 radical (unpaired) electrons. The van der Waals surface area contributed by atoms with Gasteiger partial charge in [-0.2, -0.15) is 52.7 Å². The van der Waals surface area contributed by atoms with Crippen LogP contribution in [0.3, 0.4) is 0 Å². The van der Waals surface area contributed by atoms with Gasteiger partial charge in [0, 0.05) is 69.1 Å². The topological polar surface area (TPSA) is 101 Å². The molecule has 4 aromatic rings. The summed E-state index contributed by atoms with van der Waals surface area (Å²) in [5.74, 6) is -1.20. The minimum absolute atomic E-state index is 0.0928. The Labute approximate surface area is 386 Å². The molecule has 6 rings (SSSR count). The molecule has 0 bridgehead atoms. The van der Waals surface area contributed by atoms with Gasteiger partial charge in [-0.05, 0) is 54.7 Å². The first kappa shape index (κ1) is 51.7. The average Bonchev–Trinajstić information content (AvgIpc) is 3.88. The number of benzene rings is 2. The fourth-order valence-corrected chi connectivity index (χ4v) is 8.45. The summed E-state index contributed by atoms with van der Waals surface area (Å²) in [5, 5.41) is -0.867. The number of carbonyl (C=O) groups is 1. The monoisotopic (exact) mass is 1040 g/mol. The van der Waals surface area contributed by atoms with Gasteiger partial charge in [-0.15, -0.1) is 0 Å². The number of aryl methyl sites for hydroxylation is 1. The second-order valence-electron chi connectivity index (χ2n) is 14.7. The van der Waals surface area contributed by atoms with E-state index in [0.29, 0.717) is 0 Å². The number of aromatic nitrogens is 4. The Morgan fingerprint density at radius 3 is 1.33 bits per heavy atom. The third-order valence-corrected chi connectivity index (χ3v) is 13.2. The maximum atomic E-state index is 14.3. The third-order valence-electron chi connectivity index (χ3n) is 10.8. The number of nitrogens with zero attached hydrogens (tertiary/aromatic N) is 6. The first-order chi connectivity index (χ1) is 29.5. The van der Waals surface area contributed by atoms with E-state index in [1.165, 1.54) is 0 Å². The summed E-state index contributed by atoms with van der Waals surface area (Å²) in [6, 6.07) is 4.24. The molecule has 0 aliphatic carbocycles. The molecule has 26 heteroatoms. The molecule has 0 spiro atoms. The molecule has 64 heavy (non-hydrogen) atoms. The lowest BCUT2D eigenvalue weighted by Crippen LogP contribution is -2.45. The largest absolute Gasteiger partial charge is 0.433 e. The molecule has 2 aromatic heterocycles. The van der Waals surface area contributed by atoms with Crippen molar-refractivity contribution in [3.8, 4) is 0 Å². The van der Waals surface area contributed by atoms with Crippen LogP contribution < -0.4 is 15.5 Å². The van der Waals surface area contributed by atoms with Gasteiger partial charge >= 0.3 is 24.7 Å². The fraction of sp³-hybridized carbons (Fsp3) is 0.447. The lowest BCUT2D eigenvalue weighted by molar-refractivity contribution is -0.185. The summed E-state index contributed by atoms with van der Waals surface area (Å²) >= 11 is 35.4. The predicted octanol–water partition coefficient (Wildman–Crippen LogP) is 12.7. The maximum Gasteiger partial charge on any atom is 0.433 e. The van der Waals surface area contributed by atoms with Crippen molar-refractivity contribution in [2.45, 2.75) is 81.1 Å². The van der Waals surface area contributed by atoms with Crippen molar-refractivity contribution in [1.29, 1.82) is 0 Å². The quantitative estimate of drug-likeness (QED) is 0.131. The molecule has 2 atom stereocenters. The van der Waals surface area contributed by atoms with Crippen LogP contribution in [0.2, 0.25) is 30.1 Å². The van der Waals surface area contributed by atoms with Crippen LogP contribution in [0.25, 0.3) is 0 Å². The molecule has 2 unspecified atom stereocenters. The number of anilines is 2. The minimum atomic E-state index is -4.87. The number of alkyl halides is 12. The van der Waals surface area contributed by atoms with Gasteiger partial charge in [-0.1, -0.05) is 76.5 Å². The normalized spacial score (nSPS) is 19.6. The summed E-state index contributed by atoms with van der Waals surface area (Å²) < 4.78 is 166. The fourth-order valence-electron chi connectivity index (χ4n) is 7.26. The SMILES string of the molecule is CCC(=O)CCc1cnc(N2CCC(c3cc(Cl)c(Cl)c(Cl)c3)(C(F)(F)F)C2)nc1C(F)(F)F.NCc1cnc(N2CCC(c3cc(Cl)c(Cl)c(Cl)c3)(C(F)(F)F)C2)nc1C(F)(F)F. The van der Waals surface area contributed by atoms with E-state index in [1.54, 1.807) is 6.92 Å². The number of rotatable bonds is 9. The van der Waals surface area contributed by atoms with E-state index >= 15 is 0 Å². The second kappa shape index (κ2) is 19.1. The summed E-state index contributed by atoms with van der Waals surface area (Å²) in [7, 11) is 0. The summed E-state index contributed by atoms with van der Waals surface area (Å²) in [5.41, 5.74) is -3.34. The zero-order chi connectivity index (χ0) is 48.0. The number of ketones is 1. The van der Waals surface area contributed by atoms with Crippen LogP contribution in [0.5, 0.6) is 0 Å². The van der Waals surface area contributed by atoms with Crippen LogP contribution in [0.1, 0.15) is 66.2 Å². The predicted molar refractivity (Wildman–Crippen MR) is 218 cm³/mol. The van der Waals surface area contributed by atoms with Crippen LogP contribution in [-0.4, -0.2) is 64.3 Å². The van der Waals surface area contributed by atoms with Crippen molar-refractivity contribution < 1.29 is 57.5 Å². The van der Waals surface area contributed by atoms with Crippen molar-refractivity contribution in [3.63, 3.8) is 0 Å². The molecule has 2 N–H and O–H groups in total. The molecule has 0 amide bonds. The molecule has 2 fully saturated rings. The average molecular weight is 1040 g/mol. The molecular formula is C38H31Cl6F12N7O. The third kappa shape index (κ3) is 10.6. The zero-order valence-corrected chi connectivity index (χ0v) is 37.0. The number of hydrogen-bond donors (Lipinski definition) is 1. The number of hydrogen-bond acceptors (Lipinski definition) is 8. The van der Waals surface area contributed by atoms with Gasteiger partial charge in [0.05, 0.1) is 30.1 Å². The summed E-state index contributed by atoms with van der Waals surface area (Å²) in [6.45, 7) is -0.837. The highest BCUT2D eigenvalue weighted by atomic mass is 35.5. The van der Waals surface area contributed by atoms with Gasteiger partial charge in [-0.3, -0.25) is 4.79 Å².